The first kappa shape index (κ1) is 14.9. The van der Waals surface area contributed by atoms with Crippen molar-refractivity contribution in [3.63, 3.8) is 0 Å². The highest BCUT2D eigenvalue weighted by atomic mass is 16.5. The third-order valence-corrected chi connectivity index (χ3v) is 5.19. The zero-order valence-corrected chi connectivity index (χ0v) is 13.4. The molecule has 3 rings (SSSR count). The highest BCUT2D eigenvalue weighted by molar-refractivity contribution is 5.29. The van der Waals surface area contributed by atoms with Crippen LogP contribution in [0.1, 0.15) is 56.9 Å². The van der Waals surface area contributed by atoms with Crippen molar-refractivity contribution in [2.24, 2.45) is 0 Å². The summed E-state index contributed by atoms with van der Waals surface area (Å²) in [5.74, 6) is 1.08. The monoisotopic (exact) mass is 287 g/mol. The molecule has 2 fully saturated rings. The summed E-state index contributed by atoms with van der Waals surface area (Å²) in [5.41, 5.74) is 1.43. The van der Waals surface area contributed by atoms with Gasteiger partial charge in [-0.25, -0.2) is 0 Å². The lowest BCUT2D eigenvalue weighted by Crippen LogP contribution is -2.36. The lowest BCUT2D eigenvalue weighted by Gasteiger charge is -2.32. The molecule has 1 atom stereocenters. The van der Waals surface area contributed by atoms with Gasteiger partial charge in [0.15, 0.2) is 0 Å². The summed E-state index contributed by atoms with van der Waals surface area (Å²) in [6.45, 7) is 1.27. The van der Waals surface area contributed by atoms with Gasteiger partial charge < -0.3 is 9.64 Å². The predicted octanol–water partition coefficient (Wildman–Crippen LogP) is 4.42. The minimum absolute atomic E-state index is 0.463. The summed E-state index contributed by atoms with van der Waals surface area (Å²) < 4.78 is 6.12. The van der Waals surface area contributed by atoms with Crippen molar-refractivity contribution in [2.45, 2.75) is 69.9 Å². The lowest BCUT2D eigenvalue weighted by molar-refractivity contribution is 0.176. The van der Waals surface area contributed by atoms with E-state index in [1.165, 1.54) is 69.9 Å². The zero-order chi connectivity index (χ0) is 14.5. The van der Waals surface area contributed by atoms with Gasteiger partial charge in [0.1, 0.15) is 5.75 Å². The molecule has 21 heavy (non-hydrogen) atoms. The fourth-order valence-corrected chi connectivity index (χ4v) is 3.82. The van der Waals surface area contributed by atoms with E-state index in [4.69, 9.17) is 4.74 Å². The molecule has 2 heteroatoms. The smallest absolute Gasteiger partial charge is 0.119 e. The Hall–Kier alpha value is -1.02. The fourth-order valence-electron chi connectivity index (χ4n) is 3.82. The van der Waals surface area contributed by atoms with Crippen LogP contribution in [0.2, 0.25) is 0 Å². The van der Waals surface area contributed by atoms with Crippen LogP contribution in [0.5, 0.6) is 5.75 Å². The van der Waals surface area contributed by atoms with Crippen molar-refractivity contribution in [1.29, 1.82) is 0 Å². The van der Waals surface area contributed by atoms with E-state index in [9.17, 15) is 0 Å². The molecule has 2 nitrogen and oxygen atoms in total. The van der Waals surface area contributed by atoms with Gasteiger partial charge in [0, 0.05) is 6.04 Å². The van der Waals surface area contributed by atoms with Crippen molar-refractivity contribution in [3.05, 3.63) is 29.8 Å². The molecule has 0 radical (unpaired) electrons. The molecule has 0 bridgehead atoms. The molecule has 116 valence electrons. The minimum Gasteiger partial charge on any atom is -0.490 e. The van der Waals surface area contributed by atoms with Crippen LogP contribution in [0.4, 0.5) is 0 Å². The molecular formula is C19H29NO. The Bertz CT molecular complexity index is 439. The van der Waals surface area contributed by atoms with E-state index in [0.717, 1.165) is 11.8 Å². The average molecular weight is 287 g/mol. The van der Waals surface area contributed by atoms with Crippen molar-refractivity contribution in [3.8, 4) is 5.75 Å². The Labute approximate surface area is 129 Å². The quantitative estimate of drug-likeness (QED) is 0.794. The van der Waals surface area contributed by atoms with Gasteiger partial charge in [0.05, 0.1) is 6.10 Å². The van der Waals surface area contributed by atoms with Crippen molar-refractivity contribution < 1.29 is 4.74 Å². The van der Waals surface area contributed by atoms with Crippen molar-refractivity contribution in [2.75, 3.05) is 13.6 Å². The lowest BCUT2D eigenvalue weighted by atomic mass is 9.96. The van der Waals surface area contributed by atoms with E-state index in [0.29, 0.717) is 6.10 Å². The van der Waals surface area contributed by atoms with E-state index in [1.807, 2.05) is 0 Å². The molecule has 0 amide bonds. The van der Waals surface area contributed by atoms with Crippen LogP contribution in [0.25, 0.3) is 0 Å². The highest BCUT2D eigenvalue weighted by Crippen LogP contribution is 2.25. The van der Waals surface area contributed by atoms with Crippen molar-refractivity contribution >= 4 is 0 Å². The van der Waals surface area contributed by atoms with Crippen LogP contribution in [0.3, 0.4) is 0 Å². The Morgan fingerprint density at radius 2 is 1.90 bits per heavy atom. The van der Waals surface area contributed by atoms with Crippen LogP contribution in [-0.2, 0) is 6.42 Å². The van der Waals surface area contributed by atoms with Gasteiger partial charge in [-0.05, 0) is 82.7 Å². The molecule has 1 unspecified atom stereocenters. The number of likely N-dealkylation sites (tertiary alicyclic amines) is 1. The topological polar surface area (TPSA) is 12.5 Å². The van der Waals surface area contributed by atoms with Crippen LogP contribution in [-0.4, -0.2) is 30.6 Å². The van der Waals surface area contributed by atoms with E-state index in [2.05, 4.69) is 36.2 Å². The summed E-state index contributed by atoms with van der Waals surface area (Å²) in [6, 6.07) is 9.57. The maximum Gasteiger partial charge on any atom is 0.119 e. The molecule has 1 heterocycles. The number of ether oxygens (including phenoxy) is 1. The molecule has 1 aliphatic carbocycles. The van der Waals surface area contributed by atoms with Crippen molar-refractivity contribution in [1.82, 2.24) is 4.90 Å². The third-order valence-electron chi connectivity index (χ3n) is 5.19. The number of piperidine rings is 1. The number of rotatable bonds is 5. The van der Waals surface area contributed by atoms with E-state index in [1.54, 1.807) is 0 Å². The molecule has 0 aromatic heterocycles. The Morgan fingerprint density at radius 3 is 2.71 bits per heavy atom. The van der Waals surface area contributed by atoms with Gasteiger partial charge in [-0.2, -0.15) is 0 Å². The molecule has 1 saturated heterocycles. The minimum atomic E-state index is 0.463. The molecule has 2 aliphatic rings. The van der Waals surface area contributed by atoms with Crippen LogP contribution in [0.15, 0.2) is 24.3 Å². The average Bonchev–Trinajstić information content (AvgIpc) is 3.00. The first-order valence-electron chi connectivity index (χ1n) is 8.77. The SMILES string of the molecule is CN1CCCCC1CCc1cccc(OC2CCCC2)c1. The second-order valence-corrected chi connectivity index (χ2v) is 6.84. The summed E-state index contributed by atoms with van der Waals surface area (Å²) in [4.78, 5) is 2.54. The molecule has 0 spiro atoms. The van der Waals surface area contributed by atoms with Gasteiger partial charge >= 0.3 is 0 Å². The number of aryl methyl sites for hydroxylation is 1. The first-order valence-corrected chi connectivity index (χ1v) is 8.77. The van der Waals surface area contributed by atoms with Gasteiger partial charge in [-0.15, -0.1) is 0 Å². The molecule has 1 aromatic carbocycles. The summed E-state index contributed by atoms with van der Waals surface area (Å²) in [7, 11) is 2.28. The molecule has 1 aromatic rings. The summed E-state index contributed by atoms with van der Waals surface area (Å²) >= 11 is 0. The fraction of sp³-hybridized carbons (Fsp3) is 0.684. The van der Waals surface area contributed by atoms with E-state index >= 15 is 0 Å². The normalized spacial score (nSPS) is 24.3. The summed E-state index contributed by atoms with van der Waals surface area (Å²) in [5, 5.41) is 0. The first-order chi connectivity index (χ1) is 10.3. The van der Waals surface area contributed by atoms with Gasteiger partial charge in [-0.3, -0.25) is 0 Å². The van der Waals surface area contributed by atoms with E-state index < -0.39 is 0 Å². The number of nitrogens with zero attached hydrogens (tertiary/aromatic N) is 1. The number of benzene rings is 1. The molecule has 1 aliphatic heterocycles. The zero-order valence-electron chi connectivity index (χ0n) is 13.4. The summed E-state index contributed by atoms with van der Waals surface area (Å²) in [6.07, 6.45) is 12.2. The molecule has 1 saturated carbocycles. The highest BCUT2D eigenvalue weighted by Gasteiger charge is 2.19. The van der Waals surface area contributed by atoms with E-state index in [-0.39, 0.29) is 0 Å². The van der Waals surface area contributed by atoms with Gasteiger partial charge in [-0.1, -0.05) is 18.6 Å². The predicted molar refractivity (Wildman–Crippen MR) is 87.9 cm³/mol. The third kappa shape index (κ3) is 4.23. The van der Waals surface area contributed by atoms with Gasteiger partial charge in [0.25, 0.3) is 0 Å². The largest absolute Gasteiger partial charge is 0.490 e. The maximum atomic E-state index is 6.12. The molecule has 0 N–H and O–H groups in total. The second kappa shape index (κ2) is 7.31. The van der Waals surface area contributed by atoms with Crippen LogP contribution in [0, 0.1) is 0 Å². The maximum absolute atomic E-state index is 6.12. The Balaban J connectivity index is 1.52. The Morgan fingerprint density at radius 1 is 1.10 bits per heavy atom. The number of hydrogen-bond acceptors (Lipinski definition) is 2. The second-order valence-electron chi connectivity index (χ2n) is 6.84. The van der Waals surface area contributed by atoms with Crippen LogP contribution >= 0.6 is 0 Å². The molecular weight excluding hydrogens is 258 g/mol. The van der Waals surface area contributed by atoms with Gasteiger partial charge in [0.2, 0.25) is 0 Å². The Kier molecular flexibility index (Phi) is 5.18. The number of hydrogen-bond donors (Lipinski definition) is 0. The van der Waals surface area contributed by atoms with Crippen LogP contribution < -0.4 is 4.74 Å². The standard InChI is InChI=1S/C19H29NO/c1-20-14-5-4-8-17(20)13-12-16-7-6-11-19(15-16)21-18-9-2-3-10-18/h6-7,11,15,17-18H,2-5,8-10,12-14H2,1H3.